The van der Waals surface area contributed by atoms with Crippen LogP contribution in [0.5, 0.6) is 0 Å². The molecule has 0 saturated carbocycles. The van der Waals surface area contributed by atoms with E-state index in [9.17, 15) is 0 Å². The van der Waals surface area contributed by atoms with E-state index in [0.29, 0.717) is 0 Å². The highest BCUT2D eigenvalue weighted by atomic mass is 17.0. The Morgan fingerprint density at radius 1 is 0.400 bits per heavy atom. The van der Waals surface area contributed by atoms with E-state index < -0.39 is 0 Å². The summed E-state index contributed by atoms with van der Waals surface area (Å²) in [6.07, 6.45) is 0. The Bertz CT molecular complexity index is 15.0. The van der Waals surface area contributed by atoms with Crippen LogP contribution in [0.4, 0.5) is 0 Å². The first-order valence-electron chi connectivity index (χ1n) is 0.567. The van der Waals surface area contributed by atoms with E-state index in [1.54, 1.807) is 0 Å². The largest absolute Gasteiger partial charge is 0.412 e. The van der Waals surface area contributed by atoms with Crippen molar-refractivity contribution in [2.45, 2.75) is 59.4 Å². The lowest BCUT2D eigenvalue weighted by Crippen LogP contribution is -1.29. The van der Waals surface area contributed by atoms with Gasteiger partial charge in [0.25, 0.3) is 0 Å². The fourth-order valence-corrected chi connectivity index (χ4v) is 0. The van der Waals surface area contributed by atoms with Crippen molar-refractivity contribution in [3.05, 3.63) is 9.93 Å². The first kappa shape index (κ1) is 449. The monoisotopic (exact) mass is 246 g/mol. The van der Waals surface area contributed by atoms with Gasteiger partial charge in [-0.15, -0.1) is 0 Å². The molecule has 0 rings (SSSR count). The summed E-state index contributed by atoms with van der Waals surface area (Å²) < 4.78 is 0. The van der Waals surface area contributed by atoms with Crippen LogP contribution in [0.1, 0.15) is 59.4 Å². The molecule has 0 saturated heterocycles. The average molecular weight is 246 g/mol. The summed E-state index contributed by atoms with van der Waals surface area (Å²) in [5.41, 5.74) is 0. The molecule has 6 N–H and O–H groups in total. The summed E-state index contributed by atoms with van der Waals surface area (Å²) in [7, 11) is 0. The fraction of sp³-hybridized carbons (Fsp3) is 1.00. The summed E-state index contributed by atoms with van der Waals surface area (Å²) in [5, 5.41) is 24.0. The molecule has 15 heavy (non-hydrogen) atoms. The van der Waals surface area contributed by atoms with Crippen molar-refractivity contribution in [1.29, 1.82) is 0 Å². The van der Waals surface area contributed by atoms with Crippen molar-refractivity contribution in [2.75, 3.05) is 0 Å². The predicted molar refractivity (Wildman–Crippen MR) is 74.7 cm³/mol. The molecule has 0 aromatic heterocycles. The number of hydrogen-bond donors (Lipinski definition) is 4. The molecule has 0 aliphatic heterocycles. The van der Waals surface area contributed by atoms with Crippen LogP contribution in [-0.2, 0) is 0 Å². The summed E-state index contributed by atoms with van der Waals surface area (Å²) >= 11 is 0. The van der Waals surface area contributed by atoms with Gasteiger partial charge in [-0.3, -0.25) is 21.0 Å². The molecule has 0 aliphatic carbocycles. The van der Waals surface area contributed by atoms with E-state index in [2.05, 4.69) is 0 Å². The van der Waals surface area contributed by atoms with Gasteiger partial charge in [-0.2, -0.15) is 0 Å². The maximum Gasteiger partial charge on any atom is 0 e. The molecular formula is C8H38O7. The summed E-state index contributed by atoms with van der Waals surface area (Å²) in [6.45, 7) is 0. The van der Waals surface area contributed by atoms with Crippen molar-refractivity contribution >= 4 is 0 Å². The zero-order valence-corrected chi connectivity index (χ0v) is 3.11. The molecule has 112 valence electrons. The Labute approximate surface area is 96.8 Å². The molecule has 0 fully saturated rings. The van der Waals surface area contributed by atoms with Gasteiger partial charge in [0.2, 0.25) is 0 Å². The minimum absolute atomic E-state index is 0. The molecule has 0 aromatic rings. The van der Waals surface area contributed by atoms with Crippen LogP contribution in [-0.4, -0.2) is 26.5 Å². The van der Waals surface area contributed by atoms with Crippen LogP contribution in [0.25, 0.3) is 0 Å². The van der Waals surface area contributed by atoms with Crippen LogP contribution < -0.4 is 0 Å². The lowest BCUT2D eigenvalue weighted by atomic mass is 12.0. The molecule has 0 atom stereocenters. The van der Waals surface area contributed by atoms with E-state index in [1.165, 1.54) is 0 Å². The zero-order valence-electron chi connectivity index (χ0n) is 3.11. The Hall–Kier alpha value is -0.600. The normalized spacial score (nSPS) is 1.07. The highest BCUT2D eigenvalue weighted by Gasteiger charge is 0.748. The van der Waals surface area contributed by atoms with Crippen molar-refractivity contribution in [3.8, 4) is 0 Å². The molecule has 0 bridgehead atoms. The number of rotatable bonds is 0. The zero-order chi connectivity index (χ0) is 6.00. The SMILES string of the molecule is C.C.C.C.C.C.C.C.O.O=O.OO.OO. The maximum absolute atomic E-state index is 7.00. The molecule has 7 nitrogen and oxygen atoms in total. The maximum atomic E-state index is 7.00. The molecular weight excluding hydrogens is 208 g/mol. The Balaban J connectivity index is -0.000000000692. The van der Waals surface area contributed by atoms with E-state index in [1.807, 2.05) is 0 Å². The van der Waals surface area contributed by atoms with Gasteiger partial charge in [0.15, 0.2) is 0 Å². The lowest BCUT2D eigenvalue weighted by molar-refractivity contribution is -0.176. The van der Waals surface area contributed by atoms with Gasteiger partial charge in [-0.1, -0.05) is 59.4 Å². The third-order valence-electron chi connectivity index (χ3n) is 0. The summed E-state index contributed by atoms with van der Waals surface area (Å²) in [6, 6.07) is 0. The Morgan fingerprint density at radius 3 is 0.400 bits per heavy atom. The van der Waals surface area contributed by atoms with Gasteiger partial charge < -0.3 is 5.48 Å². The molecule has 0 heterocycles. The van der Waals surface area contributed by atoms with E-state index >= 15 is 0 Å². The fourth-order valence-electron chi connectivity index (χ4n) is 0. The standard InChI is InChI=1S/8CH4.2H2O2.O2.H2O/c;;;;;;;;3*1-2;/h8*1H4;2*1-2H;;1H2. The highest BCUT2D eigenvalue weighted by Crippen LogP contribution is 0.741. The van der Waals surface area contributed by atoms with Crippen LogP contribution in [0.15, 0.2) is 0 Å². The van der Waals surface area contributed by atoms with Crippen molar-refractivity contribution in [2.24, 2.45) is 0 Å². The second kappa shape index (κ2) is 5720. The molecule has 0 spiro atoms. The molecule has 0 aromatic carbocycles. The van der Waals surface area contributed by atoms with Crippen molar-refractivity contribution in [3.63, 3.8) is 0 Å². The van der Waals surface area contributed by atoms with Crippen LogP contribution in [0.3, 0.4) is 0 Å². The van der Waals surface area contributed by atoms with Gasteiger partial charge in [0.1, 0.15) is 0 Å². The molecule has 0 aliphatic rings. The van der Waals surface area contributed by atoms with Crippen LogP contribution >= 0.6 is 0 Å². The van der Waals surface area contributed by atoms with Gasteiger partial charge in [-0.25, -0.2) is 0 Å². The van der Waals surface area contributed by atoms with E-state index in [4.69, 9.17) is 31.0 Å². The van der Waals surface area contributed by atoms with E-state index in [0.717, 1.165) is 0 Å². The van der Waals surface area contributed by atoms with Crippen LogP contribution in [0.2, 0.25) is 0 Å². The van der Waals surface area contributed by atoms with Gasteiger partial charge in [-0.05, 0) is 0 Å². The quantitative estimate of drug-likeness (QED) is 0.368. The summed E-state index contributed by atoms with van der Waals surface area (Å²) in [4.78, 5) is 14.0. The molecule has 0 radical (unpaired) electrons. The first-order valence-corrected chi connectivity index (χ1v) is 0.567. The predicted octanol–water partition coefficient (Wildman–Crippen LogP) is 4.37. The summed E-state index contributed by atoms with van der Waals surface area (Å²) in [5.74, 6) is 0. The minimum Gasteiger partial charge on any atom is -0.412 e. The third-order valence-corrected chi connectivity index (χ3v) is 0. The lowest BCUT2D eigenvalue weighted by Gasteiger charge is -1.25. The van der Waals surface area contributed by atoms with Crippen LogP contribution in [0, 0.1) is 9.93 Å². The first-order chi connectivity index (χ1) is 3.00. The average Bonchev–Trinajstić information content (AvgIpc) is 1.81. The molecule has 7 heteroatoms. The minimum atomic E-state index is 0. The van der Waals surface area contributed by atoms with Gasteiger partial charge >= 0.3 is 0 Å². The smallest absolute Gasteiger partial charge is 0 e. The topological polar surface area (TPSA) is 147 Å². The van der Waals surface area contributed by atoms with Crippen molar-refractivity contribution in [1.82, 2.24) is 0 Å². The Morgan fingerprint density at radius 2 is 0.400 bits per heavy atom. The highest BCUT2D eigenvalue weighted by molar-refractivity contribution is 4.07. The molecule has 0 unspecified atom stereocenters. The second-order valence-electron chi connectivity index (χ2n) is 0. The molecule has 0 amide bonds. The Kier molecular flexibility index (Phi) is 171000. The third kappa shape index (κ3) is 4840. The van der Waals surface area contributed by atoms with Gasteiger partial charge in [0, 0.05) is 9.93 Å². The van der Waals surface area contributed by atoms with E-state index in [-0.39, 0.29) is 64.9 Å². The van der Waals surface area contributed by atoms with Gasteiger partial charge in [0.05, 0.1) is 0 Å². The van der Waals surface area contributed by atoms with Crippen molar-refractivity contribution < 1.29 is 26.5 Å². The second-order valence-corrected chi connectivity index (χ2v) is 0. The number of hydrogen-bond acceptors (Lipinski definition) is 6.